The van der Waals surface area contributed by atoms with E-state index in [1.165, 1.54) is 25.7 Å². The van der Waals surface area contributed by atoms with Crippen LogP contribution >= 0.6 is 11.6 Å². The first-order chi connectivity index (χ1) is 12.1. The van der Waals surface area contributed by atoms with Gasteiger partial charge in [0.25, 0.3) is 5.91 Å². The van der Waals surface area contributed by atoms with Gasteiger partial charge in [-0.05, 0) is 43.5 Å². The molecule has 1 fully saturated rings. The number of nitrogens with one attached hydrogen (secondary N) is 2. The van der Waals surface area contributed by atoms with Gasteiger partial charge in [-0.15, -0.1) is 0 Å². The molecule has 5 nitrogen and oxygen atoms in total. The molecule has 0 bridgehead atoms. The predicted molar refractivity (Wildman–Crippen MR) is 101 cm³/mol. The SMILES string of the molecule is Cc1c(Cl)cccc1NC(=O)c1ccnc(NC2CCCCCC2)n1. The molecule has 0 atom stereocenters. The fraction of sp³-hybridized carbons (Fsp3) is 0.421. The van der Waals surface area contributed by atoms with Gasteiger partial charge in [-0.1, -0.05) is 43.4 Å². The van der Waals surface area contributed by atoms with E-state index in [9.17, 15) is 4.79 Å². The van der Waals surface area contributed by atoms with Crippen LogP contribution in [-0.2, 0) is 0 Å². The second-order valence-corrected chi connectivity index (χ2v) is 6.87. The zero-order valence-electron chi connectivity index (χ0n) is 14.4. The van der Waals surface area contributed by atoms with Gasteiger partial charge < -0.3 is 10.6 Å². The molecule has 3 rings (SSSR count). The summed E-state index contributed by atoms with van der Waals surface area (Å²) in [6.45, 7) is 1.87. The number of carbonyl (C=O) groups excluding carboxylic acids is 1. The lowest BCUT2D eigenvalue weighted by molar-refractivity contribution is 0.102. The summed E-state index contributed by atoms with van der Waals surface area (Å²) in [5.41, 5.74) is 1.86. The Labute approximate surface area is 153 Å². The van der Waals surface area contributed by atoms with E-state index in [1.54, 1.807) is 18.3 Å². The van der Waals surface area contributed by atoms with Gasteiger partial charge in [0.15, 0.2) is 0 Å². The Bertz CT molecular complexity index is 742. The standard InChI is InChI=1S/C19H23ClN4O/c1-13-15(20)9-6-10-16(13)23-18(25)17-11-12-21-19(24-17)22-14-7-4-2-3-5-8-14/h6,9-12,14H,2-5,7-8H2,1H3,(H,23,25)(H,21,22,24). The minimum atomic E-state index is -0.267. The molecule has 0 saturated heterocycles. The van der Waals surface area contributed by atoms with E-state index in [0.29, 0.717) is 28.4 Å². The highest BCUT2D eigenvalue weighted by Crippen LogP contribution is 2.23. The number of benzene rings is 1. The van der Waals surface area contributed by atoms with Gasteiger partial charge in [-0.2, -0.15) is 0 Å². The average molecular weight is 359 g/mol. The first-order valence-corrected chi connectivity index (χ1v) is 9.17. The van der Waals surface area contributed by atoms with Crippen molar-refractivity contribution < 1.29 is 4.79 Å². The van der Waals surface area contributed by atoms with Crippen LogP contribution in [-0.4, -0.2) is 21.9 Å². The topological polar surface area (TPSA) is 66.9 Å². The molecule has 1 aliphatic carbocycles. The van der Waals surface area contributed by atoms with Gasteiger partial charge in [-0.25, -0.2) is 9.97 Å². The molecular formula is C19H23ClN4O. The molecular weight excluding hydrogens is 336 g/mol. The zero-order chi connectivity index (χ0) is 17.6. The summed E-state index contributed by atoms with van der Waals surface area (Å²) in [5.74, 6) is 0.249. The van der Waals surface area contributed by atoms with Gasteiger partial charge in [0, 0.05) is 22.9 Å². The van der Waals surface area contributed by atoms with E-state index in [0.717, 1.165) is 18.4 Å². The van der Waals surface area contributed by atoms with Crippen LogP contribution in [0.1, 0.15) is 54.6 Å². The molecule has 1 amide bonds. The van der Waals surface area contributed by atoms with E-state index < -0.39 is 0 Å². The van der Waals surface area contributed by atoms with Gasteiger partial charge >= 0.3 is 0 Å². The van der Waals surface area contributed by atoms with Crippen molar-refractivity contribution in [1.29, 1.82) is 0 Å². The summed E-state index contributed by atoms with van der Waals surface area (Å²) in [6, 6.07) is 7.44. The van der Waals surface area contributed by atoms with Gasteiger partial charge in [0.1, 0.15) is 5.69 Å². The Morgan fingerprint density at radius 3 is 2.68 bits per heavy atom. The molecule has 1 aliphatic rings. The van der Waals surface area contributed by atoms with Crippen LogP contribution in [0.25, 0.3) is 0 Å². The lowest BCUT2D eigenvalue weighted by Gasteiger charge is -2.16. The van der Waals surface area contributed by atoms with Crippen LogP contribution < -0.4 is 10.6 Å². The highest BCUT2D eigenvalue weighted by Gasteiger charge is 2.15. The van der Waals surface area contributed by atoms with Crippen molar-refractivity contribution in [2.24, 2.45) is 0 Å². The molecule has 2 aromatic rings. The summed E-state index contributed by atoms with van der Waals surface area (Å²) in [6.07, 6.45) is 8.91. The van der Waals surface area contributed by atoms with Crippen LogP contribution in [0.5, 0.6) is 0 Å². The number of hydrogen-bond donors (Lipinski definition) is 2. The summed E-state index contributed by atoms with van der Waals surface area (Å²) in [4.78, 5) is 21.1. The van der Waals surface area contributed by atoms with Crippen molar-refractivity contribution in [3.63, 3.8) is 0 Å². The summed E-state index contributed by atoms with van der Waals surface area (Å²) in [7, 11) is 0. The number of carbonyl (C=O) groups is 1. The van der Waals surface area contributed by atoms with Crippen molar-refractivity contribution in [3.8, 4) is 0 Å². The zero-order valence-corrected chi connectivity index (χ0v) is 15.1. The Hall–Kier alpha value is -2.14. The molecule has 1 saturated carbocycles. The molecule has 2 N–H and O–H groups in total. The third kappa shape index (κ3) is 4.69. The van der Waals surface area contributed by atoms with E-state index in [4.69, 9.17) is 11.6 Å². The second kappa shape index (κ2) is 8.30. The number of amides is 1. The summed E-state index contributed by atoms with van der Waals surface area (Å²) >= 11 is 6.10. The number of anilines is 2. The maximum absolute atomic E-state index is 12.5. The number of halogens is 1. The minimum Gasteiger partial charge on any atom is -0.351 e. The number of aromatic nitrogens is 2. The highest BCUT2D eigenvalue weighted by molar-refractivity contribution is 6.31. The summed E-state index contributed by atoms with van der Waals surface area (Å²) < 4.78 is 0. The van der Waals surface area contributed by atoms with Crippen LogP contribution in [0.15, 0.2) is 30.5 Å². The van der Waals surface area contributed by atoms with Crippen LogP contribution in [0, 0.1) is 6.92 Å². The average Bonchev–Trinajstić information content (AvgIpc) is 2.88. The molecule has 0 spiro atoms. The van der Waals surface area contributed by atoms with Gasteiger partial charge in [0.05, 0.1) is 0 Å². The number of hydrogen-bond acceptors (Lipinski definition) is 4. The molecule has 0 aliphatic heterocycles. The van der Waals surface area contributed by atoms with E-state index in [2.05, 4.69) is 20.6 Å². The van der Waals surface area contributed by atoms with E-state index in [1.807, 2.05) is 19.1 Å². The van der Waals surface area contributed by atoms with E-state index >= 15 is 0 Å². The Kier molecular flexibility index (Phi) is 5.87. The molecule has 1 heterocycles. The molecule has 132 valence electrons. The fourth-order valence-electron chi connectivity index (χ4n) is 3.09. The number of rotatable bonds is 4. The molecule has 25 heavy (non-hydrogen) atoms. The normalized spacial score (nSPS) is 15.4. The first kappa shape index (κ1) is 17.7. The smallest absolute Gasteiger partial charge is 0.274 e. The van der Waals surface area contributed by atoms with Crippen molar-refractivity contribution >= 4 is 29.1 Å². The van der Waals surface area contributed by atoms with Crippen molar-refractivity contribution in [3.05, 3.63) is 46.7 Å². The van der Waals surface area contributed by atoms with Crippen molar-refractivity contribution in [2.75, 3.05) is 10.6 Å². The lowest BCUT2D eigenvalue weighted by atomic mass is 10.1. The maximum Gasteiger partial charge on any atom is 0.274 e. The number of nitrogens with zero attached hydrogens (tertiary/aromatic N) is 2. The van der Waals surface area contributed by atoms with Crippen LogP contribution in [0.3, 0.4) is 0 Å². The van der Waals surface area contributed by atoms with Crippen molar-refractivity contribution in [1.82, 2.24) is 9.97 Å². The Morgan fingerprint density at radius 1 is 1.16 bits per heavy atom. The van der Waals surface area contributed by atoms with Crippen molar-refractivity contribution in [2.45, 2.75) is 51.5 Å². The molecule has 6 heteroatoms. The molecule has 1 aromatic carbocycles. The Balaban J connectivity index is 1.69. The van der Waals surface area contributed by atoms with Crippen LogP contribution in [0.2, 0.25) is 5.02 Å². The van der Waals surface area contributed by atoms with Crippen LogP contribution in [0.4, 0.5) is 11.6 Å². The summed E-state index contributed by atoms with van der Waals surface area (Å²) in [5, 5.41) is 6.87. The largest absolute Gasteiger partial charge is 0.351 e. The van der Waals surface area contributed by atoms with Gasteiger partial charge in [0.2, 0.25) is 5.95 Å². The third-order valence-electron chi connectivity index (χ3n) is 4.59. The Morgan fingerprint density at radius 2 is 1.92 bits per heavy atom. The monoisotopic (exact) mass is 358 g/mol. The fourth-order valence-corrected chi connectivity index (χ4v) is 3.26. The van der Waals surface area contributed by atoms with E-state index in [-0.39, 0.29) is 5.91 Å². The molecule has 0 unspecified atom stereocenters. The molecule has 1 aromatic heterocycles. The lowest BCUT2D eigenvalue weighted by Crippen LogP contribution is -2.21. The molecule has 0 radical (unpaired) electrons. The van der Waals surface area contributed by atoms with Gasteiger partial charge in [-0.3, -0.25) is 4.79 Å². The quantitative estimate of drug-likeness (QED) is 0.768. The predicted octanol–water partition coefficient (Wildman–Crippen LogP) is 4.83. The third-order valence-corrected chi connectivity index (χ3v) is 5.00. The second-order valence-electron chi connectivity index (χ2n) is 6.46. The highest BCUT2D eigenvalue weighted by atomic mass is 35.5. The maximum atomic E-state index is 12.5. The first-order valence-electron chi connectivity index (χ1n) is 8.79. The minimum absolute atomic E-state index is 0.267.